The van der Waals surface area contributed by atoms with E-state index in [9.17, 15) is 0 Å². The van der Waals surface area contributed by atoms with Gasteiger partial charge in [-0.05, 0) is 129 Å². The molecule has 3 aliphatic rings. The standard InChI is InChI=1S/C54H55BN2O3/c1-31-22-43-49-44(23-31)57(50-32(2)24-37(25-33(50)3)54(10,11)12)51-48(39-27-36(53(7,8)9)19-21-45(39)60-51)55(49)40-28-46-47(59-30-58-46)29-42(40)56(43)41-20-18-35(52(4,5)6)26-38(41)34-16-14-13-15-17-34/h13-29H,30H2,1-12H3. The van der Waals surface area contributed by atoms with Crippen LogP contribution < -0.4 is 35.7 Å². The molecule has 0 saturated heterocycles. The molecule has 3 aliphatic heterocycles. The molecule has 0 amide bonds. The molecule has 10 rings (SSSR count). The summed E-state index contributed by atoms with van der Waals surface area (Å²) in [7, 11) is 0. The van der Waals surface area contributed by atoms with Crippen molar-refractivity contribution in [1.82, 2.24) is 0 Å². The van der Waals surface area contributed by atoms with E-state index in [-0.39, 0.29) is 29.8 Å². The Hall–Kier alpha value is -5.88. The first kappa shape index (κ1) is 38.3. The first-order valence-corrected chi connectivity index (χ1v) is 21.5. The van der Waals surface area contributed by atoms with Crippen molar-refractivity contribution in [2.75, 3.05) is 16.6 Å². The van der Waals surface area contributed by atoms with Crippen LogP contribution in [-0.2, 0) is 16.2 Å². The van der Waals surface area contributed by atoms with Crippen LogP contribution in [0.3, 0.4) is 0 Å². The Labute approximate surface area is 356 Å². The van der Waals surface area contributed by atoms with Gasteiger partial charge in [0.05, 0.1) is 11.4 Å². The minimum absolute atomic E-state index is 0.00662. The van der Waals surface area contributed by atoms with Gasteiger partial charge in [0.15, 0.2) is 11.5 Å². The van der Waals surface area contributed by atoms with Crippen molar-refractivity contribution in [1.29, 1.82) is 0 Å². The lowest BCUT2D eigenvalue weighted by molar-refractivity contribution is 0.174. The maximum atomic E-state index is 7.22. The van der Waals surface area contributed by atoms with Gasteiger partial charge in [0.2, 0.25) is 12.7 Å². The largest absolute Gasteiger partial charge is 0.454 e. The summed E-state index contributed by atoms with van der Waals surface area (Å²) in [6.07, 6.45) is 0. The van der Waals surface area contributed by atoms with E-state index in [1.54, 1.807) is 0 Å². The van der Waals surface area contributed by atoms with Gasteiger partial charge in [-0.3, -0.25) is 4.90 Å². The van der Waals surface area contributed by atoms with E-state index in [0.29, 0.717) is 0 Å². The lowest BCUT2D eigenvalue weighted by Gasteiger charge is -2.44. The predicted molar refractivity (Wildman–Crippen MR) is 252 cm³/mol. The number of benzene rings is 6. The summed E-state index contributed by atoms with van der Waals surface area (Å²) in [4.78, 5) is 4.95. The van der Waals surface area contributed by atoms with Crippen LogP contribution in [0, 0.1) is 20.8 Å². The lowest BCUT2D eigenvalue weighted by atomic mass is 9.33. The Morgan fingerprint density at radius 2 is 1.13 bits per heavy atom. The normalized spacial score (nSPS) is 14.4. The number of hydrogen-bond acceptors (Lipinski definition) is 5. The zero-order valence-corrected chi connectivity index (χ0v) is 37.2. The van der Waals surface area contributed by atoms with Crippen molar-refractivity contribution in [2.24, 2.45) is 0 Å². The molecule has 4 heterocycles. The summed E-state index contributed by atoms with van der Waals surface area (Å²) < 4.78 is 19.6. The van der Waals surface area contributed by atoms with Gasteiger partial charge in [0, 0.05) is 39.5 Å². The smallest absolute Gasteiger partial charge is 0.257 e. The third kappa shape index (κ3) is 5.89. The maximum Gasteiger partial charge on any atom is 0.257 e. The van der Waals surface area contributed by atoms with Crippen molar-refractivity contribution in [3.8, 4) is 22.6 Å². The Bertz CT molecular complexity index is 2880. The molecular formula is C54H55BN2O3. The summed E-state index contributed by atoms with van der Waals surface area (Å²) in [6.45, 7) is 27.4. The summed E-state index contributed by atoms with van der Waals surface area (Å²) in [5.41, 5.74) is 19.9. The van der Waals surface area contributed by atoms with Crippen LogP contribution >= 0.6 is 0 Å². The molecule has 0 spiro atoms. The molecule has 0 aliphatic carbocycles. The fraction of sp³-hybridized carbons (Fsp3) is 0.296. The summed E-state index contributed by atoms with van der Waals surface area (Å²) in [5, 5.41) is 1.14. The van der Waals surface area contributed by atoms with Crippen LogP contribution in [0.5, 0.6) is 11.5 Å². The van der Waals surface area contributed by atoms with Crippen LogP contribution in [0.15, 0.2) is 108 Å². The van der Waals surface area contributed by atoms with E-state index in [2.05, 4.69) is 196 Å². The number of nitrogens with zero attached hydrogens (tertiary/aromatic N) is 2. The summed E-state index contributed by atoms with van der Waals surface area (Å²) in [6, 6.07) is 38.7. The van der Waals surface area contributed by atoms with Gasteiger partial charge in [-0.2, -0.15) is 0 Å². The molecular weight excluding hydrogens is 735 g/mol. The molecule has 0 fully saturated rings. The minimum Gasteiger partial charge on any atom is -0.454 e. The average Bonchev–Trinajstić information content (AvgIpc) is 3.80. The van der Waals surface area contributed by atoms with E-state index in [1.165, 1.54) is 55.4 Å². The average molecular weight is 791 g/mol. The first-order valence-electron chi connectivity index (χ1n) is 21.5. The van der Waals surface area contributed by atoms with Gasteiger partial charge < -0.3 is 18.8 Å². The molecule has 6 heteroatoms. The Morgan fingerprint density at radius 3 is 1.78 bits per heavy atom. The van der Waals surface area contributed by atoms with Crippen molar-refractivity contribution in [3.05, 3.63) is 137 Å². The van der Waals surface area contributed by atoms with Gasteiger partial charge in [0.25, 0.3) is 6.71 Å². The SMILES string of the molecule is Cc1cc2c3c(c1)N(c1c(C)cc(C(C)(C)C)cc1C)c1oc4ccc(C(C)(C)C)cc4c1B3c1cc3c(cc1N2c1ccc(C(C)(C)C)cc1-c1ccccc1)OCO3. The number of aryl methyl sites for hydroxylation is 3. The highest BCUT2D eigenvalue weighted by Gasteiger charge is 2.48. The molecule has 5 nitrogen and oxygen atoms in total. The maximum absolute atomic E-state index is 7.22. The van der Waals surface area contributed by atoms with Crippen LogP contribution in [-0.4, -0.2) is 13.5 Å². The van der Waals surface area contributed by atoms with Crippen molar-refractivity contribution in [2.45, 2.75) is 99.3 Å². The second kappa shape index (κ2) is 13.1. The molecule has 0 unspecified atom stereocenters. The van der Waals surface area contributed by atoms with Crippen LogP contribution in [0.2, 0.25) is 0 Å². The fourth-order valence-electron chi connectivity index (χ4n) is 9.78. The van der Waals surface area contributed by atoms with Crippen LogP contribution in [0.25, 0.3) is 22.1 Å². The van der Waals surface area contributed by atoms with Crippen LogP contribution in [0.4, 0.5) is 34.3 Å². The van der Waals surface area contributed by atoms with Gasteiger partial charge in [0.1, 0.15) is 5.58 Å². The predicted octanol–water partition coefficient (Wildman–Crippen LogP) is 12.7. The number of anilines is 6. The van der Waals surface area contributed by atoms with Gasteiger partial charge in [-0.15, -0.1) is 0 Å². The van der Waals surface area contributed by atoms with E-state index in [4.69, 9.17) is 13.9 Å². The Kier molecular flexibility index (Phi) is 8.34. The molecule has 0 atom stereocenters. The Morgan fingerprint density at radius 1 is 0.533 bits per heavy atom. The van der Waals surface area contributed by atoms with E-state index in [0.717, 1.165) is 62.3 Å². The number of ether oxygens (including phenoxy) is 2. The molecule has 60 heavy (non-hydrogen) atoms. The molecule has 6 aromatic carbocycles. The first-order chi connectivity index (χ1) is 28.4. The summed E-state index contributed by atoms with van der Waals surface area (Å²) >= 11 is 0. The molecule has 0 saturated carbocycles. The highest BCUT2D eigenvalue weighted by atomic mass is 16.7. The monoisotopic (exact) mass is 790 g/mol. The molecule has 1 aromatic heterocycles. The van der Waals surface area contributed by atoms with E-state index < -0.39 is 0 Å². The molecule has 0 bridgehead atoms. The second-order valence-corrected chi connectivity index (χ2v) is 20.4. The van der Waals surface area contributed by atoms with Gasteiger partial charge >= 0.3 is 0 Å². The van der Waals surface area contributed by atoms with Crippen molar-refractivity contribution < 1.29 is 13.9 Å². The zero-order chi connectivity index (χ0) is 42.2. The quantitative estimate of drug-likeness (QED) is 0.167. The molecule has 7 aromatic rings. The van der Waals surface area contributed by atoms with E-state index in [1.807, 2.05) is 0 Å². The van der Waals surface area contributed by atoms with Crippen molar-refractivity contribution in [3.63, 3.8) is 0 Å². The molecule has 0 radical (unpaired) electrons. The second-order valence-electron chi connectivity index (χ2n) is 20.4. The zero-order valence-electron chi connectivity index (χ0n) is 37.2. The van der Waals surface area contributed by atoms with Gasteiger partial charge in [-0.1, -0.05) is 117 Å². The lowest BCUT2D eigenvalue weighted by Crippen LogP contribution is -2.61. The van der Waals surface area contributed by atoms with Crippen LogP contribution in [0.1, 0.15) is 95.7 Å². The number of rotatable bonds is 3. The molecule has 0 N–H and O–H groups in total. The fourth-order valence-corrected chi connectivity index (χ4v) is 9.78. The third-order valence-corrected chi connectivity index (χ3v) is 13.0. The molecule has 302 valence electrons. The van der Waals surface area contributed by atoms with E-state index >= 15 is 0 Å². The number of fused-ring (bicyclic) bond motifs is 7. The van der Waals surface area contributed by atoms with Crippen molar-refractivity contribution >= 4 is 68.4 Å². The highest BCUT2D eigenvalue weighted by molar-refractivity contribution is 7.01. The summed E-state index contributed by atoms with van der Waals surface area (Å²) in [5.74, 6) is 2.41. The topological polar surface area (TPSA) is 38.1 Å². The third-order valence-electron chi connectivity index (χ3n) is 13.0. The number of furan rings is 1. The minimum atomic E-state index is -0.150. The highest BCUT2D eigenvalue weighted by Crippen LogP contribution is 2.51. The Balaban J connectivity index is 1.35. The van der Waals surface area contributed by atoms with Gasteiger partial charge in [-0.25, -0.2) is 0 Å². The number of hydrogen-bond donors (Lipinski definition) is 0.